The van der Waals surface area contributed by atoms with Gasteiger partial charge in [0.15, 0.2) is 5.75 Å². The average molecular weight is 493 g/mol. The van der Waals surface area contributed by atoms with Gasteiger partial charge in [0.25, 0.3) is 0 Å². The van der Waals surface area contributed by atoms with Gasteiger partial charge in [0.1, 0.15) is 42.4 Å². The Hall–Kier alpha value is -2.89. The number of rotatable bonds is 9. The Kier molecular flexibility index (Phi) is 8.92. The zero-order valence-corrected chi connectivity index (χ0v) is 19.9. The van der Waals surface area contributed by atoms with Gasteiger partial charge >= 0.3 is 5.63 Å². The number of hydrogen-bond donors (Lipinski definition) is 5. The molecule has 35 heavy (non-hydrogen) atoms. The van der Waals surface area contributed by atoms with Crippen LogP contribution in [-0.2, 0) is 4.74 Å². The SMILES string of the molecule is CC(C)=CCC/C(C)=C/COc1c(O)c2ccc(O[C@@H]3O[C@H](CO)[C@@H](O)[C@H](O)[C@@H]3O)cc2oc1=O. The summed E-state index contributed by atoms with van der Waals surface area (Å²) in [6.45, 7) is 5.52. The largest absolute Gasteiger partial charge is 0.504 e. The van der Waals surface area contributed by atoms with Gasteiger partial charge in [0, 0.05) is 6.07 Å². The van der Waals surface area contributed by atoms with Gasteiger partial charge in [-0.1, -0.05) is 17.2 Å². The molecule has 2 heterocycles. The molecule has 0 amide bonds. The van der Waals surface area contributed by atoms with Crippen LogP contribution in [0.2, 0.25) is 0 Å². The molecule has 10 heteroatoms. The first-order valence-electron chi connectivity index (χ1n) is 11.3. The van der Waals surface area contributed by atoms with Crippen molar-refractivity contribution in [3.63, 3.8) is 0 Å². The third-order valence-corrected chi connectivity index (χ3v) is 5.66. The molecule has 1 aliphatic rings. The van der Waals surface area contributed by atoms with E-state index in [2.05, 4.69) is 6.08 Å². The Labute approximate surface area is 202 Å². The van der Waals surface area contributed by atoms with E-state index in [-0.39, 0.29) is 34.8 Å². The maximum Gasteiger partial charge on any atom is 0.383 e. The maximum atomic E-state index is 12.4. The van der Waals surface area contributed by atoms with Crippen molar-refractivity contribution in [3.05, 3.63) is 51.9 Å². The molecule has 5 N–H and O–H groups in total. The maximum absolute atomic E-state index is 12.4. The number of hydrogen-bond acceptors (Lipinski definition) is 10. The van der Waals surface area contributed by atoms with E-state index in [1.165, 1.54) is 23.8 Å². The summed E-state index contributed by atoms with van der Waals surface area (Å²) in [5.74, 6) is -0.604. The lowest BCUT2D eigenvalue weighted by Crippen LogP contribution is -2.60. The van der Waals surface area contributed by atoms with Crippen molar-refractivity contribution < 1.29 is 44.2 Å². The third-order valence-electron chi connectivity index (χ3n) is 5.66. The Morgan fingerprint density at radius 3 is 2.51 bits per heavy atom. The van der Waals surface area contributed by atoms with Crippen LogP contribution in [0, 0.1) is 0 Å². The second kappa shape index (κ2) is 11.7. The summed E-state index contributed by atoms with van der Waals surface area (Å²) in [6.07, 6.45) is -1.53. The molecular weight excluding hydrogens is 460 g/mol. The van der Waals surface area contributed by atoms with Gasteiger partial charge in [-0.25, -0.2) is 4.79 Å². The van der Waals surface area contributed by atoms with Crippen molar-refractivity contribution in [2.75, 3.05) is 13.2 Å². The van der Waals surface area contributed by atoms with Crippen molar-refractivity contribution in [2.24, 2.45) is 0 Å². The molecule has 1 saturated heterocycles. The van der Waals surface area contributed by atoms with Crippen LogP contribution in [0.15, 0.2) is 50.7 Å². The quantitative estimate of drug-likeness (QED) is 0.258. The van der Waals surface area contributed by atoms with Gasteiger partial charge in [-0.2, -0.15) is 0 Å². The van der Waals surface area contributed by atoms with Crippen LogP contribution in [0.4, 0.5) is 0 Å². The highest BCUT2D eigenvalue weighted by atomic mass is 16.7. The van der Waals surface area contributed by atoms with E-state index >= 15 is 0 Å². The molecule has 192 valence electrons. The van der Waals surface area contributed by atoms with Crippen LogP contribution in [0.3, 0.4) is 0 Å². The summed E-state index contributed by atoms with van der Waals surface area (Å²) in [4.78, 5) is 12.4. The van der Waals surface area contributed by atoms with E-state index in [4.69, 9.17) is 18.6 Å². The van der Waals surface area contributed by atoms with Crippen molar-refractivity contribution >= 4 is 11.0 Å². The molecule has 0 unspecified atom stereocenters. The summed E-state index contributed by atoms with van der Waals surface area (Å²) in [5.41, 5.74) is 1.45. The fourth-order valence-corrected chi connectivity index (χ4v) is 3.61. The van der Waals surface area contributed by atoms with Gasteiger partial charge in [0.05, 0.1) is 12.0 Å². The molecule has 2 aromatic rings. The smallest absolute Gasteiger partial charge is 0.383 e. The standard InChI is InChI=1S/C25H32O10/c1-13(2)5-4-6-14(3)9-10-32-23-19(27)16-8-7-15(11-17(16)34-24(23)31)33-25-22(30)21(29)20(28)18(12-26)35-25/h5,7-9,11,18,20-22,25-30H,4,6,10,12H2,1-3H3/b14-9+/t18-,20-,21+,22+,25-/m1/s1. The number of ether oxygens (including phenoxy) is 3. The molecule has 1 fully saturated rings. The van der Waals surface area contributed by atoms with Gasteiger partial charge in [-0.05, 0) is 51.8 Å². The first-order chi connectivity index (χ1) is 16.6. The summed E-state index contributed by atoms with van der Waals surface area (Å²) in [5, 5.41) is 50.0. The number of fused-ring (bicyclic) bond motifs is 1. The molecule has 0 spiro atoms. The van der Waals surface area contributed by atoms with Crippen LogP contribution in [0.1, 0.15) is 33.6 Å². The first-order valence-corrected chi connectivity index (χ1v) is 11.3. The minimum Gasteiger partial charge on any atom is -0.504 e. The van der Waals surface area contributed by atoms with Crippen LogP contribution >= 0.6 is 0 Å². The average Bonchev–Trinajstić information content (AvgIpc) is 2.81. The summed E-state index contributed by atoms with van der Waals surface area (Å²) in [7, 11) is 0. The monoisotopic (exact) mass is 492 g/mol. The summed E-state index contributed by atoms with van der Waals surface area (Å²) < 4.78 is 21.6. The molecule has 1 aromatic heterocycles. The van der Waals surface area contributed by atoms with E-state index in [0.29, 0.717) is 0 Å². The fourth-order valence-electron chi connectivity index (χ4n) is 3.61. The number of aromatic hydroxyl groups is 1. The third kappa shape index (κ3) is 6.41. The number of aliphatic hydroxyl groups excluding tert-OH is 4. The molecule has 0 saturated carbocycles. The van der Waals surface area contributed by atoms with Gasteiger partial charge in [0.2, 0.25) is 12.0 Å². The van der Waals surface area contributed by atoms with Crippen LogP contribution in [0.25, 0.3) is 11.0 Å². The van der Waals surface area contributed by atoms with Crippen molar-refractivity contribution in [1.29, 1.82) is 0 Å². The summed E-state index contributed by atoms with van der Waals surface area (Å²) >= 11 is 0. The lowest BCUT2D eigenvalue weighted by molar-refractivity contribution is -0.277. The van der Waals surface area contributed by atoms with Crippen LogP contribution in [0.5, 0.6) is 17.2 Å². The highest BCUT2D eigenvalue weighted by molar-refractivity contribution is 5.86. The molecule has 5 atom stereocenters. The van der Waals surface area contributed by atoms with Gasteiger partial charge < -0.3 is 44.2 Å². The number of aliphatic hydroxyl groups is 4. The van der Waals surface area contributed by atoms with E-state index in [0.717, 1.165) is 18.4 Å². The molecular formula is C25H32O10. The molecule has 1 aliphatic heterocycles. The Morgan fingerprint density at radius 2 is 1.83 bits per heavy atom. The van der Waals surface area contributed by atoms with Crippen molar-refractivity contribution in [1.82, 2.24) is 0 Å². The second-order valence-electron chi connectivity index (χ2n) is 8.72. The zero-order valence-electron chi connectivity index (χ0n) is 19.9. The lowest BCUT2D eigenvalue weighted by atomic mass is 9.99. The van der Waals surface area contributed by atoms with E-state index in [9.17, 15) is 30.3 Å². The topological polar surface area (TPSA) is 159 Å². The highest BCUT2D eigenvalue weighted by Crippen LogP contribution is 2.34. The molecule has 0 radical (unpaired) electrons. The van der Waals surface area contributed by atoms with Crippen LogP contribution in [-0.4, -0.2) is 69.5 Å². The summed E-state index contributed by atoms with van der Waals surface area (Å²) in [6, 6.07) is 4.16. The molecule has 10 nitrogen and oxygen atoms in total. The van der Waals surface area contributed by atoms with Crippen molar-refractivity contribution in [3.8, 4) is 17.2 Å². The van der Waals surface area contributed by atoms with E-state index < -0.39 is 42.9 Å². The molecule has 0 aliphatic carbocycles. The Bertz CT molecular complexity index is 1130. The van der Waals surface area contributed by atoms with Crippen LogP contribution < -0.4 is 15.1 Å². The first kappa shape index (κ1) is 26.7. The Balaban J connectivity index is 1.73. The molecule has 1 aromatic carbocycles. The predicted octanol–water partition coefficient (Wildman–Crippen LogP) is 1.75. The minimum atomic E-state index is -1.60. The van der Waals surface area contributed by atoms with Crippen molar-refractivity contribution in [2.45, 2.75) is 64.3 Å². The van der Waals surface area contributed by atoms with E-state index in [1.807, 2.05) is 26.8 Å². The fraction of sp³-hybridized carbons (Fsp3) is 0.480. The predicted molar refractivity (Wildman–Crippen MR) is 126 cm³/mol. The lowest BCUT2D eigenvalue weighted by Gasteiger charge is -2.39. The molecule has 3 rings (SSSR count). The van der Waals surface area contributed by atoms with Gasteiger partial charge in [-0.15, -0.1) is 0 Å². The second-order valence-corrected chi connectivity index (χ2v) is 8.72. The van der Waals surface area contributed by atoms with E-state index in [1.54, 1.807) is 0 Å². The minimum absolute atomic E-state index is 0.00427. The zero-order chi connectivity index (χ0) is 25.7. The molecule has 0 bridgehead atoms. The number of benzene rings is 1. The number of allylic oxidation sites excluding steroid dienone is 3. The Morgan fingerprint density at radius 1 is 1.09 bits per heavy atom. The van der Waals surface area contributed by atoms with Gasteiger partial charge in [-0.3, -0.25) is 0 Å². The highest BCUT2D eigenvalue weighted by Gasteiger charge is 2.44. The normalized spacial score (nSPS) is 24.9.